The summed E-state index contributed by atoms with van der Waals surface area (Å²) < 4.78 is 11.5. The van der Waals surface area contributed by atoms with Gasteiger partial charge < -0.3 is 24.6 Å². The molecule has 10 heteroatoms. The molecule has 0 aromatic carbocycles. The van der Waals surface area contributed by atoms with E-state index in [0.29, 0.717) is 36.9 Å². The van der Waals surface area contributed by atoms with E-state index in [4.69, 9.17) is 19.7 Å². The summed E-state index contributed by atoms with van der Waals surface area (Å²) in [6, 6.07) is 4.63. The van der Waals surface area contributed by atoms with Crippen LogP contribution in [0, 0.1) is 5.92 Å². The van der Waals surface area contributed by atoms with Crippen molar-refractivity contribution < 1.29 is 14.3 Å². The molecule has 33 heavy (non-hydrogen) atoms. The molecular weight excluding hydrogens is 422 g/mol. The molecule has 10 nitrogen and oxygen atoms in total. The minimum atomic E-state index is -0.186. The normalized spacial score (nSPS) is 28.1. The van der Waals surface area contributed by atoms with Gasteiger partial charge in [-0.05, 0) is 44.6 Å². The van der Waals surface area contributed by atoms with Crippen LogP contribution in [0.2, 0.25) is 0 Å². The maximum Gasteiger partial charge on any atom is 0.269 e. The van der Waals surface area contributed by atoms with Crippen LogP contribution < -0.4 is 15.1 Å². The fourth-order valence-corrected chi connectivity index (χ4v) is 5.49. The van der Waals surface area contributed by atoms with Crippen molar-refractivity contribution in [1.82, 2.24) is 25.7 Å². The lowest BCUT2D eigenvalue weighted by Gasteiger charge is -2.39. The highest BCUT2D eigenvalue weighted by Crippen LogP contribution is 2.44. The monoisotopic (exact) mass is 453 g/mol. The molecule has 2 aromatic rings. The van der Waals surface area contributed by atoms with Crippen molar-refractivity contribution >= 4 is 17.4 Å². The lowest BCUT2D eigenvalue weighted by molar-refractivity contribution is 0.0899. The summed E-state index contributed by atoms with van der Waals surface area (Å²) in [6.07, 6.45) is 5.99. The average Bonchev–Trinajstić information content (AvgIpc) is 3.46. The molecule has 1 amide bonds. The van der Waals surface area contributed by atoms with Gasteiger partial charge >= 0.3 is 0 Å². The Kier molecular flexibility index (Phi) is 5.41. The molecule has 4 fully saturated rings. The van der Waals surface area contributed by atoms with Gasteiger partial charge in [0.25, 0.3) is 5.91 Å². The number of morpholine rings is 2. The van der Waals surface area contributed by atoms with E-state index in [-0.39, 0.29) is 18.0 Å². The molecule has 4 aliphatic rings. The van der Waals surface area contributed by atoms with Crippen LogP contribution in [0.4, 0.5) is 11.5 Å². The predicted octanol–water partition coefficient (Wildman–Crippen LogP) is 1.67. The van der Waals surface area contributed by atoms with E-state index in [1.165, 1.54) is 0 Å². The number of aromatic amines is 1. The minimum absolute atomic E-state index is 0.164. The highest BCUT2D eigenvalue weighted by Gasteiger charge is 2.41. The number of fused-ring (bicyclic) bond motifs is 2. The number of hydrogen-bond donors (Lipinski definition) is 2. The predicted molar refractivity (Wildman–Crippen MR) is 121 cm³/mol. The van der Waals surface area contributed by atoms with Crippen LogP contribution in [-0.4, -0.2) is 77.4 Å². The standard InChI is InChI=1S/C23H31N7O3/c1-14-11-32-9-8-29(14)19-10-20(30-16-4-5-17(30)13-33-12-16)27-28-22(19)21(15-2-3-15)25-23(31)18-6-7-24-26-18/h6-7,10,14-17,21H,2-5,8-9,11-13H2,1H3,(H,24,26)(H,25,31)/t14-,16?,17?,21?/m1/s1. The summed E-state index contributed by atoms with van der Waals surface area (Å²) >= 11 is 0. The molecule has 1 aliphatic carbocycles. The zero-order chi connectivity index (χ0) is 22.4. The first-order valence-corrected chi connectivity index (χ1v) is 12.1. The van der Waals surface area contributed by atoms with Gasteiger partial charge in [0.2, 0.25) is 0 Å². The number of H-pyrrole nitrogens is 1. The number of ether oxygens (including phenoxy) is 2. The zero-order valence-electron chi connectivity index (χ0n) is 18.9. The van der Waals surface area contributed by atoms with Crippen LogP contribution in [0.15, 0.2) is 18.3 Å². The summed E-state index contributed by atoms with van der Waals surface area (Å²) in [6.45, 7) is 5.81. The largest absolute Gasteiger partial charge is 0.377 e. The van der Waals surface area contributed by atoms with Crippen molar-refractivity contribution in [3.8, 4) is 0 Å². The Morgan fingerprint density at radius 2 is 1.97 bits per heavy atom. The van der Waals surface area contributed by atoms with Crippen molar-refractivity contribution in [1.29, 1.82) is 0 Å². The fraction of sp³-hybridized carbons (Fsp3) is 0.652. The maximum atomic E-state index is 12.9. The number of amides is 1. The number of aromatic nitrogens is 4. The van der Waals surface area contributed by atoms with Crippen molar-refractivity contribution in [3.05, 3.63) is 29.7 Å². The van der Waals surface area contributed by atoms with Gasteiger partial charge in [0, 0.05) is 24.8 Å². The maximum absolute atomic E-state index is 12.9. The molecule has 0 spiro atoms. The molecule has 4 atom stereocenters. The minimum Gasteiger partial charge on any atom is -0.377 e. The third-order valence-corrected chi connectivity index (χ3v) is 7.39. The lowest BCUT2D eigenvalue weighted by Crippen LogP contribution is -2.47. The van der Waals surface area contributed by atoms with E-state index in [0.717, 1.165) is 62.6 Å². The number of rotatable bonds is 6. The fourth-order valence-electron chi connectivity index (χ4n) is 5.49. The molecule has 3 aliphatic heterocycles. The Morgan fingerprint density at radius 1 is 1.15 bits per heavy atom. The van der Waals surface area contributed by atoms with Crippen LogP contribution in [0.1, 0.15) is 54.8 Å². The molecule has 2 N–H and O–H groups in total. The number of nitrogens with zero attached hydrogens (tertiary/aromatic N) is 5. The number of nitrogens with one attached hydrogen (secondary N) is 2. The molecular formula is C23H31N7O3. The molecule has 0 radical (unpaired) electrons. The van der Waals surface area contributed by atoms with Gasteiger partial charge in [-0.25, -0.2) is 0 Å². The van der Waals surface area contributed by atoms with Crippen LogP contribution in [0.25, 0.3) is 0 Å². The van der Waals surface area contributed by atoms with Gasteiger partial charge in [-0.2, -0.15) is 5.10 Å². The van der Waals surface area contributed by atoms with Crippen LogP contribution >= 0.6 is 0 Å². The highest BCUT2D eigenvalue weighted by molar-refractivity contribution is 5.92. The van der Waals surface area contributed by atoms with E-state index in [1.807, 2.05) is 0 Å². The van der Waals surface area contributed by atoms with Crippen molar-refractivity contribution in [3.63, 3.8) is 0 Å². The van der Waals surface area contributed by atoms with Crippen molar-refractivity contribution in [2.45, 2.75) is 56.8 Å². The molecule has 3 unspecified atom stereocenters. The molecule has 6 rings (SSSR count). The summed E-state index contributed by atoms with van der Waals surface area (Å²) in [7, 11) is 0. The van der Waals surface area contributed by atoms with Crippen molar-refractivity contribution in [2.24, 2.45) is 5.92 Å². The van der Waals surface area contributed by atoms with Crippen molar-refractivity contribution in [2.75, 3.05) is 42.8 Å². The van der Waals surface area contributed by atoms with E-state index >= 15 is 0 Å². The number of hydrogen-bond acceptors (Lipinski definition) is 8. The molecule has 2 bridgehead atoms. The van der Waals surface area contributed by atoms with Gasteiger partial charge in [0.15, 0.2) is 5.82 Å². The number of carbonyl (C=O) groups is 1. The Labute approximate surface area is 193 Å². The first-order chi connectivity index (χ1) is 16.2. The number of anilines is 2. The number of carbonyl (C=O) groups excluding carboxylic acids is 1. The van der Waals surface area contributed by atoms with E-state index in [2.05, 4.69) is 38.3 Å². The van der Waals surface area contributed by atoms with Crippen LogP contribution in [0.5, 0.6) is 0 Å². The van der Waals surface area contributed by atoms with Crippen LogP contribution in [-0.2, 0) is 9.47 Å². The molecule has 176 valence electrons. The third-order valence-electron chi connectivity index (χ3n) is 7.39. The molecule has 5 heterocycles. The second kappa shape index (κ2) is 8.57. The second-order valence-electron chi connectivity index (χ2n) is 9.68. The Balaban J connectivity index is 1.37. The summed E-state index contributed by atoms with van der Waals surface area (Å²) in [5.74, 6) is 1.12. The van der Waals surface area contributed by atoms with E-state index in [1.54, 1.807) is 12.3 Å². The van der Waals surface area contributed by atoms with E-state index in [9.17, 15) is 4.79 Å². The zero-order valence-corrected chi connectivity index (χ0v) is 18.9. The van der Waals surface area contributed by atoms with Gasteiger partial charge in [0.05, 0.1) is 50.2 Å². The molecule has 2 aromatic heterocycles. The van der Waals surface area contributed by atoms with E-state index < -0.39 is 0 Å². The molecule has 3 saturated heterocycles. The van der Waals surface area contributed by atoms with Gasteiger partial charge in [-0.1, -0.05) is 0 Å². The topological polar surface area (TPSA) is 108 Å². The molecule has 1 saturated carbocycles. The quantitative estimate of drug-likeness (QED) is 0.680. The second-order valence-corrected chi connectivity index (χ2v) is 9.68. The Hall–Kier alpha value is -2.72. The third kappa shape index (κ3) is 3.95. The highest BCUT2D eigenvalue weighted by atomic mass is 16.5. The van der Waals surface area contributed by atoms with Crippen LogP contribution in [0.3, 0.4) is 0 Å². The van der Waals surface area contributed by atoms with Gasteiger partial charge in [-0.3, -0.25) is 9.89 Å². The smallest absolute Gasteiger partial charge is 0.269 e. The Bertz CT molecular complexity index is 980. The van der Waals surface area contributed by atoms with Gasteiger partial charge in [0.1, 0.15) is 11.4 Å². The van der Waals surface area contributed by atoms with Gasteiger partial charge in [-0.15, -0.1) is 10.2 Å². The summed E-state index contributed by atoms with van der Waals surface area (Å²) in [4.78, 5) is 17.7. The summed E-state index contributed by atoms with van der Waals surface area (Å²) in [5, 5.41) is 19.4. The first kappa shape index (κ1) is 20.9. The Morgan fingerprint density at radius 3 is 2.67 bits per heavy atom. The average molecular weight is 454 g/mol. The summed E-state index contributed by atoms with van der Waals surface area (Å²) in [5.41, 5.74) is 2.36. The lowest BCUT2D eigenvalue weighted by atomic mass is 10.0. The SMILES string of the molecule is C[C@@H]1COCCN1c1cc(N2C3CCC2COC3)nnc1C(NC(=O)c1ccn[nH]1)C1CC1. The first-order valence-electron chi connectivity index (χ1n) is 12.1.